The van der Waals surface area contributed by atoms with E-state index in [0.717, 1.165) is 11.8 Å². The first kappa shape index (κ1) is 14.6. The van der Waals surface area contributed by atoms with Crippen molar-refractivity contribution in [3.63, 3.8) is 0 Å². The van der Waals surface area contributed by atoms with Crippen LogP contribution in [0.2, 0.25) is 0 Å². The molecule has 4 heteroatoms. The van der Waals surface area contributed by atoms with E-state index in [1.807, 2.05) is 12.2 Å². The van der Waals surface area contributed by atoms with Gasteiger partial charge in [-0.25, -0.2) is 0 Å². The number of aliphatic carboxylic acids is 1. The lowest BCUT2D eigenvalue weighted by Crippen LogP contribution is -2.46. The quantitative estimate of drug-likeness (QED) is 0.782. The van der Waals surface area contributed by atoms with Crippen molar-refractivity contribution in [2.75, 3.05) is 0 Å². The molecule has 6 atom stereocenters. The van der Waals surface area contributed by atoms with E-state index in [9.17, 15) is 14.7 Å². The van der Waals surface area contributed by atoms with Gasteiger partial charge in [0.1, 0.15) is 0 Å². The van der Waals surface area contributed by atoms with Crippen molar-refractivity contribution in [2.45, 2.75) is 51.5 Å². The number of hydrogen-bond acceptors (Lipinski definition) is 2. The lowest BCUT2D eigenvalue weighted by Gasteiger charge is -2.31. The van der Waals surface area contributed by atoms with Gasteiger partial charge in [0.05, 0.1) is 11.8 Å². The number of carboxylic acid groups (broad SMARTS) is 1. The fraction of sp³-hybridized carbons (Fsp3) is 0.765. The number of allylic oxidation sites excluding steroid dienone is 2. The van der Waals surface area contributed by atoms with Crippen LogP contribution in [0, 0.1) is 29.6 Å². The molecule has 3 rings (SSSR count). The maximum absolute atomic E-state index is 12.5. The summed E-state index contributed by atoms with van der Waals surface area (Å²) in [5, 5.41) is 12.4. The summed E-state index contributed by atoms with van der Waals surface area (Å²) in [6.07, 6.45) is 10.1. The predicted octanol–water partition coefficient (Wildman–Crippen LogP) is 2.59. The van der Waals surface area contributed by atoms with Crippen molar-refractivity contribution in [3.8, 4) is 0 Å². The zero-order valence-electron chi connectivity index (χ0n) is 12.6. The van der Waals surface area contributed by atoms with Crippen molar-refractivity contribution in [3.05, 3.63) is 12.2 Å². The Balaban J connectivity index is 1.60. The third-order valence-electron chi connectivity index (χ3n) is 5.89. The van der Waals surface area contributed by atoms with Gasteiger partial charge in [0.2, 0.25) is 5.91 Å². The second-order valence-electron chi connectivity index (χ2n) is 7.13. The molecule has 0 aliphatic heterocycles. The minimum Gasteiger partial charge on any atom is -0.481 e. The van der Waals surface area contributed by atoms with E-state index < -0.39 is 17.8 Å². The predicted molar refractivity (Wildman–Crippen MR) is 79.5 cm³/mol. The molecule has 0 saturated heterocycles. The van der Waals surface area contributed by atoms with Gasteiger partial charge in [-0.1, -0.05) is 18.6 Å². The molecule has 1 amide bonds. The van der Waals surface area contributed by atoms with Gasteiger partial charge in [0.25, 0.3) is 0 Å². The first-order chi connectivity index (χ1) is 10.1. The molecule has 0 spiro atoms. The fourth-order valence-corrected chi connectivity index (χ4v) is 4.72. The van der Waals surface area contributed by atoms with Crippen LogP contribution >= 0.6 is 0 Å². The van der Waals surface area contributed by atoms with Crippen LogP contribution in [0.1, 0.15) is 45.4 Å². The van der Waals surface area contributed by atoms with E-state index in [-0.39, 0.29) is 11.9 Å². The molecule has 0 unspecified atom stereocenters. The van der Waals surface area contributed by atoms with Crippen LogP contribution in [-0.2, 0) is 9.59 Å². The molecule has 21 heavy (non-hydrogen) atoms. The third kappa shape index (κ3) is 2.85. The zero-order chi connectivity index (χ0) is 15.0. The highest BCUT2D eigenvalue weighted by atomic mass is 16.4. The minimum absolute atomic E-state index is 0.0676. The molecule has 116 valence electrons. The van der Waals surface area contributed by atoms with Crippen LogP contribution in [0.15, 0.2) is 12.2 Å². The Morgan fingerprint density at radius 1 is 1.14 bits per heavy atom. The zero-order valence-corrected chi connectivity index (χ0v) is 12.6. The molecule has 3 aliphatic carbocycles. The van der Waals surface area contributed by atoms with Gasteiger partial charge in [-0.2, -0.15) is 0 Å². The Kier molecular flexibility index (Phi) is 4.05. The highest BCUT2D eigenvalue weighted by molar-refractivity contribution is 5.85. The molecule has 2 fully saturated rings. The van der Waals surface area contributed by atoms with Gasteiger partial charge < -0.3 is 10.4 Å². The van der Waals surface area contributed by atoms with Crippen molar-refractivity contribution in [1.29, 1.82) is 0 Å². The number of carbonyl (C=O) groups is 2. The first-order valence-electron chi connectivity index (χ1n) is 8.24. The first-order valence-corrected chi connectivity index (χ1v) is 8.24. The SMILES string of the molecule is C[C@@H](NC(=O)[C@@H]1CC=CC[C@@H]1C(=O)O)[C@H]1C[C@@H]2CC[C@@H]1C2. The smallest absolute Gasteiger partial charge is 0.307 e. The molecule has 2 bridgehead atoms. The number of rotatable bonds is 4. The summed E-state index contributed by atoms with van der Waals surface area (Å²) in [5.41, 5.74) is 0. The second-order valence-corrected chi connectivity index (χ2v) is 7.13. The molecular formula is C17H25NO3. The molecular weight excluding hydrogens is 266 g/mol. The number of carboxylic acids is 1. The van der Waals surface area contributed by atoms with Crippen molar-refractivity contribution in [2.24, 2.45) is 29.6 Å². The highest BCUT2D eigenvalue weighted by Crippen LogP contribution is 2.49. The van der Waals surface area contributed by atoms with Crippen LogP contribution < -0.4 is 5.32 Å². The number of nitrogens with one attached hydrogen (secondary N) is 1. The maximum Gasteiger partial charge on any atom is 0.307 e. The molecule has 4 nitrogen and oxygen atoms in total. The normalized spacial score (nSPS) is 39.2. The summed E-state index contributed by atoms with van der Waals surface area (Å²) >= 11 is 0. The maximum atomic E-state index is 12.5. The lowest BCUT2D eigenvalue weighted by atomic mass is 9.81. The van der Waals surface area contributed by atoms with E-state index >= 15 is 0 Å². The number of carbonyl (C=O) groups excluding carboxylic acids is 1. The topological polar surface area (TPSA) is 66.4 Å². The fourth-order valence-electron chi connectivity index (χ4n) is 4.72. The van der Waals surface area contributed by atoms with E-state index in [1.165, 1.54) is 25.7 Å². The average Bonchev–Trinajstić information content (AvgIpc) is 3.09. The Bertz CT molecular complexity index is 459. The van der Waals surface area contributed by atoms with Gasteiger partial charge in [0.15, 0.2) is 0 Å². The van der Waals surface area contributed by atoms with Crippen LogP contribution in [0.3, 0.4) is 0 Å². The molecule has 0 aromatic heterocycles. The van der Waals surface area contributed by atoms with E-state index in [1.54, 1.807) is 0 Å². The molecule has 0 aromatic carbocycles. The summed E-state index contributed by atoms with van der Waals surface area (Å²) in [7, 11) is 0. The Morgan fingerprint density at radius 3 is 2.43 bits per heavy atom. The molecule has 2 saturated carbocycles. The monoisotopic (exact) mass is 291 g/mol. The Hall–Kier alpha value is -1.32. The van der Waals surface area contributed by atoms with Crippen LogP contribution in [0.5, 0.6) is 0 Å². The molecule has 2 N–H and O–H groups in total. The molecule has 0 aromatic rings. The van der Waals surface area contributed by atoms with E-state index in [0.29, 0.717) is 18.8 Å². The van der Waals surface area contributed by atoms with Gasteiger partial charge >= 0.3 is 5.97 Å². The summed E-state index contributed by atoms with van der Waals surface area (Å²) in [4.78, 5) is 23.8. The van der Waals surface area contributed by atoms with E-state index in [2.05, 4.69) is 12.2 Å². The average molecular weight is 291 g/mol. The lowest BCUT2D eigenvalue weighted by molar-refractivity contribution is -0.147. The summed E-state index contributed by atoms with van der Waals surface area (Å²) in [6.45, 7) is 2.09. The molecule has 0 heterocycles. The summed E-state index contributed by atoms with van der Waals surface area (Å²) in [6, 6.07) is 0.174. The summed E-state index contributed by atoms with van der Waals surface area (Å²) < 4.78 is 0. The largest absolute Gasteiger partial charge is 0.481 e. The van der Waals surface area contributed by atoms with Crippen molar-refractivity contribution < 1.29 is 14.7 Å². The second kappa shape index (κ2) is 5.82. The number of hydrogen-bond donors (Lipinski definition) is 2. The minimum atomic E-state index is -0.855. The van der Waals surface area contributed by atoms with Gasteiger partial charge in [-0.05, 0) is 56.8 Å². The number of fused-ring (bicyclic) bond motifs is 2. The standard InChI is InChI=1S/C17H25NO3/c1-10(15-9-11-6-7-12(15)8-11)18-16(19)13-4-2-3-5-14(13)17(20)21/h2-3,10-15H,4-9H2,1H3,(H,18,19)(H,20,21)/t10-,11-,12-,13-,14+,15-/m1/s1. The Morgan fingerprint density at radius 2 is 1.86 bits per heavy atom. The van der Waals surface area contributed by atoms with Crippen LogP contribution in [0.4, 0.5) is 0 Å². The summed E-state index contributed by atoms with van der Waals surface area (Å²) in [5.74, 6) is 0.329. The third-order valence-corrected chi connectivity index (χ3v) is 5.89. The van der Waals surface area contributed by atoms with E-state index in [4.69, 9.17) is 0 Å². The molecule has 0 radical (unpaired) electrons. The van der Waals surface area contributed by atoms with Gasteiger partial charge in [-0.15, -0.1) is 0 Å². The Labute approximate surface area is 126 Å². The van der Waals surface area contributed by atoms with Crippen LogP contribution in [-0.4, -0.2) is 23.0 Å². The van der Waals surface area contributed by atoms with Gasteiger partial charge in [0, 0.05) is 6.04 Å². The van der Waals surface area contributed by atoms with Crippen LogP contribution in [0.25, 0.3) is 0 Å². The van der Waals surface area contributed by atoms with Gasteiger partial charge in [-0.3, -0.25) is 9.59 Å². The highest BCUT2D eigenvalue weighted by Gasteiger charge is 2.43. The van der Waals surface area contributed by atoms with Crippen molar-refractivity contribution >= 4 is 11.9 Å². The van der Waals surface area contributed by atoms with Crippen molar-refractivity contribution in [1.82, 2.24) is 5.32 Å². The number of amides is 1. The molecule has 3 aliphatic rings.